The maximum atomic E-state index is 12.7. The zero-order valence-corrected chi connectivity index (χ0v) is 17.9. The summed E-state index contributed by atoms with van der Waals surface area (Å²) in [6.07, 6.45) is 3.24. The predicted molar refractivity (Wildman–Crippen MR) is 124 cm³/mol. The molecule has 3 aromatic rings. The zero-order valence-electron chi connectivity index (χ0n) is 17.9. The van der Waals surface area contributed by atoms with Gasteiger partial charge < -0.3 is 15.4 Å². The molecule has 0 bridgehead atoms. The molecule has 162 valence electrons. The van der Waals surface area contributed by atoms with Gasteiger partial charge in [-0.2, -0.15) is 0 Å². The van der Waals surface area contributed by atoms with Gasteiger partial charge in [0, 0.05) is 30.8 Å². The van der Waals surface area contributed by atoms with Gasteiger partial charge >= 0.3 is 5.97 Å². The molecule has 2 amide bonds. The van der Waals surface area contributed by atoms with Crippen LogP contribution in [0.25, 0.3) is 6.08 Å². The first-order valence-electron chi connectivity index (χ1n) is 10.1. The van der Waals surface area contributed by atoms with E-state index in [-0.39, 0.29) is 18.4 Å². The molecule has 2 N–H and O–H groups in total. The van der Waals surface area contributed by atoms with Gasteiger partial charge in [0.05, 0.1) is 0 Å². The van der Waals surface area contributed by atoms with Gasteiger partial charge in [0.2, 0.25) is 5.91 Å². The van der Waals surface area contributed by atoms with Crippen molar-refractivity contribution in [1.82, 2.24) is 5.32 Å². The summed E-state index contributed by atoms with van der Waals surface area (Å²) in [5.74, 6) is -0.745. The Kier molecular flexibility index (Phi) is 7.54. The SMILES string of the molecule is CC(=O)Oc1cccc(C(=O)Nc2ccccc2CNC(=O)/C=C/c2cccc(C)c2)c1. The average Bonchev–Trinajstić information content (AvgIpc) is 2.77. The van der Waals surface area contributed by atoms with E-state index in [4.69, 9.17) is 4.74 Å². The third kappa shape index (κ3) is 6.67. The van der Waals surface area contributed by atoms with Crippen LogP contribution in [0.2, 0.25) is 0 Å². The van der Waals surface area contributed by atoms with Gasteiger partial charge in [-0.05, 0) is 48.4 Å². The molecule has 0 fully saturated rings. The number of esters is 1. The van der Waals surface area contributed by atoms with E-state index in [1.54, 1.807) is 36.4 Å². The second kappa shape index (κ2) is 10.7. The first-order chi connectivity index (χ1) is 15.4. The molecule has 6 nitrogen and oxygen atoms in total. The Morgan fingerprint density at radius 3 is 2.50 bits per heavy atom. The number of rotatable bonds is 7. The fourth-order valence-electron chi connectivity index (χ4n) is 3.04. The highest BCUT2D eigenvalue weighted by atomic mass is 16.5. The molecular formula is C26H24N2O4. The van der Waals surface area contributed by atoms with Gasteiger partial charge in [0.15, 0.2) is 0 Å². The van der Waals surface area contributed by atoms with E-state index in [0.717, 1.165) is 16.7 Å². The van der Waals surface area contributed by atoms with Crippen molar-refractivity contribution in [3.63, 3.8) is 0 Å². The maximum absolute atomic E-state index is 12.7. The fourth-order valence-corrected chi connectivity index (χ4v) is 3.04. The average molecular weight is 428 g/mol. The van der Waals surface area contributed by atoms with Crippen LogP contribution < -0.4 is 15.4 Å². The second-order valence-corrected chi connectivity index (χ2v) is 7.20. The smallest absolute Gasteiger partial charge is 0.308 e. The number of ether oxygens (including phenoxy) is 1. The van der Waals surface area contributed by atoms with Crippen LogP contribution in [0.5, 0.6) is 5.75 Å². The van der Waals surface area contributed by atoms with Gasteiger partial charge in [-0.25, -0.2) is 0 Å². The van der Waals surface area contributed by atoms with E-state index >= 15 is 0 Å². The lowest BCUT2D eigenvalue weighted by Crippen LogP contribution is -2.22. The van der Waals surface area contributed by atoms with E-state index in [9.17, 15) is 14.4 Å². The molecule has 0 saturated carbocycles. The topological polar surface area (TPSA) is 84.5 Å². The summed E-state index contributed by atoms with van der Waals surface area (Å²) in [6, 6.07) is 21.4. The standard InChI is InChI=1S/C26H24N2O4/c1-18-7-5-8-20(15-18)13-14-25(30)27-17-22-9-3-4-12-24(22)28-26(31)21-10-6-11-23(16-21)32-19(2)29/h3-16H,17H2,1-2H3,(H,27,30)(H,28,31)/b14-13+. The molecule has 3 aromatic carbocycles. The van der Waals surface area contributed by atoms with Crippen LogP contribution in [0.3, 0.4) is 0 Å². The Balaban J connectivity index is 1.64. The lowest BCUT2D eigenvalue weighted by Gasteiger charge is -2.12. The van der Waals surface area contributed by atoms with Crippen molar-refractivity contribution in [2.45, 2.75) is 20.4 Å². The van der Waals surface area contributed by atoms with Crippen LogP contribution in [-0.2, 0) is 16.1 Å². The summed E-state index contributed by atoms with van der Waals surface area (Å²) in [4.78, 5) is 36.0. The molecule has 0 spiro atoms. The first-order valence-corrected chi connectivity index (χ1v) is 10.1. The molecule has 0 atom stereocenters. The Morgan fingerprint density at radius 2 is 1.72 bits per heavy atom. The number of carbonyl (C=O) groups is 3. The Bertz CT molecular complexity index is 1170. The van der Waals surface area contributed by atoms with E-state index in [1.807, 2.05) is 43.3 Å². The van der Waals surface area contributed by atoms with Crippen LogP contribution in [0, 0.1) is 6.92 Å². The number of hydrogen-bond donors (Lipinski definition) is 2. The Labute approximate surface area is 186 Å². The summed E-state index contributed by atoms with van der Waals surface area (Å²) in [5, 5.41) is 5.68. The molecule has 0 saturated heterocycles. The molecule has 0 aliphatic rings. The Hall–Kier alpha value is -4.19. The van der Waals surface area contributed by atoms with Crippen LogP contribution in [-0.4, -0.2) is 17.8 Å². The molecule has 0 aromatic heterocycles. The number of hydrogen-bond acceptors (Lipinski definition) is 4. The van der Waals surface area contributed by atoms with Gasteiger partial charge in [-0.1, -0.05) is 54.1 Å². The summed E-state index contributed by atoms with van der Waals surface area (Å²) in [7, 11) is 0. The largest absolute Gasteiger partial charge is 0.427 e. The van der Waals surface area contributed by atoms with Crippen LogP contribution >= 0.6 is 0 Å². The highest BCUT2D eigenvalue weighted by molar-refractivity contribution is 6.05. The normalized spacial score (nSPS) is 10.6. The molecule has 3 rings (SSSR count). The van der Waals surface area contributed by atoms with Gasteiger partial charge in [0.25, 0.3) is 5.91 Å². The minimum Gasteiger partial charge on any atom is -0.427 e. The van der Waals surface area contributed by atoms with E-state index in [0.29, 0.717) is 17.0 Å². The van der Waals surface area contributed by atoms with Crippen LogP contribution in [0.4, 0.5) is 5.69 Å². The number of benzene rings is 3. The number of carbonyl (C=O) groups excluding carboxylic acids is 3. The van der Waals surface area contributed by atoms with Crippen molar-refractivity contribution < 1.29 is 19.1 Å². The first kappa shape index (κ1) is 22.5. The van der Waals surface area contributed by atoms with Crippen molar-refractivity contribution in [2.24, 2.45) is 0 Å². The van der Waals surface area contributed by atoms with E-state index in [1.165, 1.54) is 19.1 Å². The monoisotopic (exact) mass is 428 g/mol. The van der Waals surface area contributed by atoms with E-state index < -0.39 is 5.97 Å². The number of para-hydroxylation sites is 1. The summed E-state index contributed by atoms with van der Waals surface area (Å²) in [6.45, 7) is 3.55. The second-order valence-electron chi connectivity index (χ2n) is 7.20. The summed E-state index contributed by atoms with van der Waals surface area (Å²) in [5.41, 5.74) is 3.76. The maximum Gasteiger partial charge on any atom is 0.308 e. The molecule has 0 aliphatic carbocycles. The number of aryl methyl sites for hydroxylation is 1. The van der Waals surface area contributed by atoms with Crippen molar-refractivity contribution >= 4 is 29.5 Å². The molecule has 0 heterocycles. The Morgan fingerprint density at radius 1 is 0.938 bits per heavy atom. The van der Waals surface area contributed by atoms with Crippen molar-refractivity contribution in [3.05, 3.63) is 101 Å². The van der Waals surface area contributed by atoms with Gasteiger partial charge in [-0.3, -0.25) is 14.4 Å². The molecule has 0 unspecified atom stereocenters. The van der Waals surface area contributed by atoms with E-state index in [2.05, 4.69) is 10.6 Å². The lowest BCUT2D eigenvalue weighted by atomic mass is 10.1. The number of nitrogens with one attached hydrogen (secondary N) is 2. The minimum absolute atomic E-state index is 0.235. The minimum atomic E-state index is -0.458. The number of amides is 2. The number of anilines is 1. The third-order valence-corrected chi connectivity index (χ3v) is 4.55. The molecule has 32 heavy (non-hydrogen) atoms. The van der Waals surface area contributed by atoms with Crippen molar-refractivity contribution in [3.8, 4) is 5.75 Å². The highest BCUT2D eigenvalue weighted by Gasteiger charge is 2.11. The molecule has 6 heteroatoms. The highest BCUT2D eigenvalue weighted by Crippen LogP contribution is 2.18. The van der Waals surface area contributed by atoms with Gasteiger partial charge in [-0.15, -0.1) is 0 Å². The molecule has 0 aliphatic heterocycles. The van der Waals surface area contributed by atoms with Crippen LogP contribution in [0.15, 0.2) is 78.9 Å². The van der Waals surface area contributed by atoms with Crippen LogP contribution in [0.1, 0.15) is 34.0 Å². The fraction of sp³-hybridized carbons (Fsp3) is 0.115. The van der Waals surface area contributed by atoms with Crippen molar-refractivity contribution in [2.75, 3.05) is 5.32 Å². The van der Waals surface area contributed by atoms with Crippen molar-refractivity contribution in [1.29, 1.82) is 0 Å². The third-order valence-electron chi connectivity index (χ3n) is 4.55. The lowest BCUT2D eigenvalue weighted by molar-refractivity contribution is -0.131. The zero-order chi connectivity index (χ0) is 22.9. The molecule has 0 radical (unpaired) electrons. The van der Waals surface area contributed by atoms with Gasteiger partial charge in [0.1, 0.15) is 5.75 Å². The summed E-state index contributed by atoms with van der Waals surface area (Å²) >= 11 is 0. The predicted octanol–water partition coefficient (Wildman–Crippen LogP) is 4.50. The quantitative estimate of drug-likeness (QED) is 0.330. The summed E-state index contributed by atoms with van der Waals surface area (Å²) < 4.78 is 5.03. The molecular weight excluding hydrogens is 404 g/mol.